The number of carbonyl (C=O) groups is 2. The minimum Gasteiger partial charge on any atom is -0.480 e. The number of aromatic nitrogens is 2. The Hall–Kier alpha value is -2.57. The van der Waals surface area contributed by atoms with Gasteiger partial charge in [0.15, 0.2) is 0 Å². The maximum atomic E-state index is 13.8. The van der Waals surface area contributed by atoms with Gasteiger partial charge in [0.1, 0.15) is 17.9 Å². The van der Waals surface area contributed by atoms with Crippen LogP contribution in [0.3, 0.4) is 0 Å². The highest BCUT2D eigenvalue weighted by Crippen LogP contribution is 2.21. The predicted octanol–water partition coefficient (Wildman–Crippen LogP) is 2.32. The second kappa shape index (κ2) is 6.68. The molecule has 0 saturated heterocycles. The van der Waals surface area contributed by atoms with Crippen LogP contribution in [-0.4, -0.2) is 44.9 Å². The molecule has 2 aromatic rings. The lowest BCUT2D eigenvalue weighted by Crippen LogP contribution is -2.36. The molecule has 0 bridgehead atoms. The van der Waals surface area contributed by atoms with Gasteiger partial charge in [-0.3, -0.25) is 9.59 Å². The Morgan fingerprint density at radius 2 is 1.87 bits per heavy atom. The Kier molecular flexibility index (Phi) is 4.88. The first-order valence-electron chi connectivity index (χ1n) is 7.29. The molecule has 23 heavy (non-hydrogen) atoms. The Labute approximate surface area is 133 Å². The zero-order chi connectivity index (χ0) is 17.1. The van der Waals surface area contributed by atoms with Crippen LogP contribution in [0, 0.1) is 19.7 Å². The van der Waals surface area contributed by atoms with Crippen molar-refractivity contribution in [3.8, 4) is 0 Å². The number of aliphatic carboxylic acids is 1. The van der Waals surface area contributed by atoms with E-state index < -0.39 is 24.2 Å². The van der Waals surface area contributed by atoms with Crippen molar-refractivity contribution in [2.45, 2.75) is 27.2 Å². The summed E-state index contributed by atoms with van der Waals surface area (Å²) in [6, 6.07) is 2.30. The van der Waals surface area contributed by atoms with E-state index in [1.165, 1.54) is 11.0 Å². The fourth-order valence-electron chi connectivity index (χ4n) is 2.32. The Morgan fingerprint density at radius 1 is 1.22 bits per heavy atom. The van der Waals surface area contributed by atoms with Gasteiger partial charge >= 0.3 is 5.97 Å². The third kappa shape index (κ3) is 3.61. The summed E-state index contributed by atoms with van der Waals surface area (Å²) in [7, 11) is 0. The van der Waals surface area contributed by atoms with E-state index in [4.69, 9.17) is 5.11 Å². The quantitative estimate of drug-likeness (QED) is 0.914. The first-order valence-corrected chi connectivity index (χ1v) is 7.29. The molecule has 122 valence electrons. The number of nitrogens with zero attached hydrogens (tertiary/aromatic N) is 3. The molecule has 2 rings (SSSR count). The summed E-state index contributed by atoms with van der Waals surface area (Å²) in [4.78, 5) is 33.4. The molecule has 0 atom stereocenters. The predicted molar refractivity (Wildman–Crippen MR) is 82.8 cm³/mol. The highest BCUT2D eigenvalue weighted by Gasteiger charge is 2.22. The summed E-state index contributed by atoms with van der Waals surface area (Å²) >= 11 is 0. The fraction of sp³-hybridized carbons (Fsp3) is 0.375. The van der Waals surface area contributed by atoms with Gasteiger partial charge in [-0.05, 0) is 26.3 Å². The summed E-state index contributed by atoms with van der Waals surface area (Å²) in [5, 5.41) is 8.96. The molecule has 0 aliphatic carbocycles. The first-order chi connectivity index (χ1) is 10.8. The van der Waals surface area contributed by atoms with Crippen LogP contribution >= 0.6 is 0 Å². The van der Waals surface area contributed by atoms with Crippen molar-refractivity contribution in [1.82, 2.24) is 14.9 Å². The SMILES string of the molecule is CCCN(CC(=O)O)C(=O)c1cc(F)cc2nc(C)c(C)nc12. The zero-order valence-electron chi connectivity index (χ0n) is 13.3. The van der Waals surface area contributed by atoms with Gasteiger partial charge in [-0.15, -0.1) is 0 Å². The molecule has 0 aliphatic rings. The molecule has 1 amide bonds. The molecule has 7 heteroatoms. The van der Waals surface area contributed by atoms with E-state index in [0.717, 1.165) is 6.07 Å². The molecule has 1 aromatic carbocycles. The van der Waals surface area contributed by atoms with Crippen LogP contribution in [0.1, 0.15) is 35.1 Å². The smallest absolute Gasteiger partial charge is 0.323 e. The van der Waals surface area contributed by atoms with Crippen molar-refractivity contribution in [2.75, 3.05) is 13.1 Å². The summed E-state index contributed by atoms with van der Waals surface area (Å²) in [5.74, 6) is -2.29. The number of benzene rings is 1. The number of carboxylic acid groups (broad SMARTS) is 1. The van der Waals surface area contributed by atoms with Gasteiger partial charge < -0.3 is 10.0 Å². The number of amides is 1. The van der Waals surface area contributed by atoms with E-state index in [9.17, 15) is 14.0 Å². The van der Waals surface area contributed by atoms with E-state index in [1.807, 2.05) is 6.92 Å². The van der Waals surface area contributed by atoms with Gasteiger partial charge in [-0.1, -0.05) is 6.92 Å². The van der Waals surface area contributed by atoms with Crippen LogP contribution in [0.15, 0.2) is 12.1 Å². The van der Waals surface area contributed by atoms with Crippen LogP contribution in [0.5, 0.6) is 0 Å². The molecule has 1 N–H and O–H groups in total. The molecule has 0 saturated carbocycles. The molecule has 0 aliphatic heterocycles. The number of rotatable bonds is 5. The standard InChI is InChI=1S/C16H18FN3O3/c1-4-5-20(8-14(21)22)16(23)12-6-11(17)7-13-15(12)19-10(3)9(2)18-13/h6-7H,4-5,8H2,1-3H3,(H,21,22). The Bertz CT molecular complexity index is 777. The largest absolute Gasteiger partial charge is 0.480 e. The maximum absolute atomic E-state index is 13.8. The number of hydrogen-bond acceptors (Lipinski definition) is 4. The molecule has 0 radical (unpaired) electrons. The molecule has 1 aromatic heterocycles. The molecule has 1 heterocycles. The van der Waals surface area contributed by atoms with Gasteiger partial charge in [0, 0.05) is 12.6 Å². The fourth-order valence-corrected chi connectivity index (χ4v) is 2.32. The number of fused-ring (bicyclic) bond motifs is 1. The van der Waals surface area contributed by atoms with Crippen molar-refractivity contribution in [3.63, 3.8) is 0 Å². The number of hydrogen-bond donors (Lipinski definition) is 1. The number of carbonyl (C=O) groups excluding carboxylic acids is 1. The summed E-state index contributed by atoms with van der Waals surface area (Å²) < 4.78 is 13.8. The van der Waals surface area contributed by atoms with E-state index in [0.29, 0.717) is 17.8 Å². The van der Waals surface area contributed by atoms with Gasteiger partial charge in [0.05, 0.1) is 22.5 Å². The lowest BCUT2D eigenvalue weighted by atomic mass is 10.1. The van der Waals surface area contributed by atoms with Gasteiger partial charge in [0.25, 0.3) is 5.91 Å². The normalized spacial score (nSPS) is 10.8. The van der Waals surface area contributed by atoms with Crippen LogP contribution in [0.4, 0.5) is 4.39 Å². The van der Waals surface area contributed by atoms with Crippen LogP contribution < -0.4 is 0 Å². The number of aryl methyl sites for hydroxylation is 2. The van der Waals surface area contributed by atoms with Crippen molar-refractivity contribution in [3.05, 3.63) is 34.9 Å². The van der Waals surface area contributed by atoms with Crippen molar-refractivity contribution in [1.29, 1.82) is 0 Å². The summed E-state index contributed by atoms with van der Waals surface area (Å²) in [6.07, 6.45) is 0.593. The highest BCUT2D eigenvalue weighted by atomic mass is 19.1. The number of carboxylic acids is 1. The van der Waals surface area contributed by atoms with Crippen molar-refractivity contribution >= 4 is 22.9 Å². The topological polar surface area (TPSA) is 83.4 Å². The van der Waals surface area contributed by atoms with Crippen LogP contribution in [-0.2, 0) is 4.79 Å². The minimum atomic E-state index is -1.12. The third-order valence-corrected chi connectivity index (χ3v) is 3.48. The second-order valence-corrected chi connectivity index (χ2v) is 5.34. The average molecular weight is 319 g/mol. The van der Waals surface area contributed by atoms with Gasteiger partial charge in [-0.2, -0.15) is 0 Å². The third-order valence-electron chi connectivity index (χ3n) is 3.48. The van der Waals surface area contributed by atoms with Crippen molar-refractivity contribution < 1.29 is 19.1 Å². The van der Waals surface area contributed by atoms with E-state index in [1.54, 1.807) is 13.8 Å². The van der Waals surface area contributed by atoms with Gasteiger partial charge in [-0.25, -0.2) is 14.4 Å². The molecule has 0 spiro atoms. The van der Waals surface area contributed by atoms with Crippen LogP contribution in [0.25, 0.3) is 11.0 Å². The highest BCUT2D eigenvalue weighted by molar-refractivity contribution is 6.05. The maximum Gasteiger partial charge on any atom is 0.323 e. The van der Waals surface area contributed by atoms with Crippen LogP contribution in [0.2, 0.25) is 0 Å². The summed E-state index contributed by atoms with van der Waals surface area (Å²) in [5.41, 5.74) is 1.88. The monoisotopic (exact) mass is 319 g/mol. The lowest BCUT2D eigenvalue weighted by Gasteiger charge is -2.20. The Morgan fingerprint density at radius 3 is 2.48 bits per heavy atom. The molecule has 0 unspecified atom stereocenters. The summed E-state index contributed by atoms with van der Waals surface area (Å²) in [6.45, 7) is 5.16. The van der Waals surface area contributed by atoms with E-state index in [2.05, 4.69) is 9.97 Å². The molecule has 0 fully saturated rings. The van der Waals surface area contributed by atoms with Gasteiger partial charge in [0.2, 0.25) is 0 Å². The van der Waals surface area contributed by atoms with E-state index in [-0.39, 0.29) is 23.1 Å². The number of halogens is 1. The molecule has 6 nitrogen and oxygen atoms in total. The molecular formula is C16H18FN3O3. The molecular weight excluding hydrogens is 301 g/mol. The minimum absolute atomic E-state index is 0.0327. The van der Waals surface area contributed by atoms with E-state index >= 15 is 0 Å². The Balaban J connectivity index is 2.58. The lowest BCUT2D eigenvalue weighted by molar-refractivity contribution is -0.137. The average Bonchev–Trinajstić information content (AvgIpc) is 2.46. The zero-order valence-corrected chi connectivity index (χ0v) is 13.3. The second-order valence-electron chi connectivity index (χ2n) is 5.34. The van der Waals surface area contributed by atoms with Crippen molar-refractivity contribution in [2.24, 2.45) is 0 Å². The first kappa shape index (κ1) is 16.8.